The number of nitrogens with zero attached hydrogens (tertiary/aromatic N) is 3. The second-order valence-electron chi connectivity index (χ2n) is 6.61. The molecule has 0 amide bonds. The molecule has 0 saturated carbocycles. The zero-order valence-corrected chi connectivity index (χ0v) is 14.2. The third-order valence-corrected chi connectivity index (χ3v) is 3.28. The van der Waals surface area contributed by atoms with E-state index in [0.29, 0.717) is 5.82 Å². The molecule has 0 aromatic carbocycles. The van der Waals surface area contributed by atoms with E-state index in [0.717, 1.165) is 43.1 Å². The Labute approximate surface area is 128 Å². The maximum atomic E-state index is 5.56. The Kier molecular flexibility index (Phi) is 6.36. The number of hydrogen-bond donors (Lipinski definition) is 3. The largest absolute Gasteiger partial charge is 0.369 e. The molecule has 0 aliphatic rings. The topological polar surface area (TPSA) is 79.1 Å². The molecular weight excluding hydrogens is 264 g/mol. The van der Waals surface area contributed by atoms with E-state index in [1.54, 1.807) is 0 Å². The van der Waals surface area contributed by atoms with Crippen molar-refractivity contribution in [3.05, 3.63) is 11.4 Å². The number of nitrogen functional groups attached to an aromatic ring is 1. The number of nitrogens with one attached hydrogen (secondary N) is 2. The summed E-state index contributed by atoms with van der Waals surface area (Å²) in [6.45, 7) is 10.4. The summed E-state index contributed by atoms with van der Waals surface area (Å²) in [6.07, 6.45) is 1.86. The third-order valence-electron chi connectivity index (χ3n) is 3.28. The van der Waals surface area contributed by atoms with E-state index in [2.05, 4.69) is 60.5 Å². The molecule has 1 rings (SSSR count). The molecule has 0 radical (unpaired) electrons. The second-order valence-corrected chi connectivity index (χ2v) is 6.61. The average molecular weight is 294 g/mol. The van der Waals surface area contributed by atoms with Gasteiger partial charge in [-0.15, -0.1) is 0 Å². The number of aromatic nitrogens is 2. The van der Waals surface area contributed by atoms with E-state index in [-0.39, 0.29) is 5.41 Å². The Morgan fingerprint density at radius 2 is 1.81 bits per heavy atom. The van der Waals surface area contributed by atoms with Gasteiger partial charge in [-0.2, -0.15) is 0 Å². The quantitative estimate of drug-likeness (QED) is 0.503. The van der Waals surface area contributed by atoms with Gasteiger partial charge in [0.2, 0.25) is 0 Å². The van der Waals surface area contributed by atoms with Crippen LogP contribution in [0.25, 0.3) is 0 Å². The van der Waals surface area contributed by atoms with Gasteiger partial charge in [0, 0.05) is 25.1 Å². The van der Waals surface area contributed by atoms with Gasteiger partial charge >= 0.3 is 0 Å². The molecule has 1 aromatic rings. The second kappa shape index (κ2) is 7.56. The van der Waals surface area contributed by atoms with Crippen molar-refractivity contribution < 1.29 is 0 Å². The van der Waals surface area contributed by atoms with Crippen molar-refractivity contribution in [3.63, 3.8) is 0 Å². The summed E-state index contributed by atoms with van der Waals surface area (Å²) < 4.78 is 0. The number of hydrazine groups is 1. The van der Waals surface area contributed by atoms with E-state index in [4.69, 9.17) is 5.84 Å². The first kappa shape index (κ1) is 17.7. The van der Waals surface area contributed by atoms with Crippen molar-refractivity contribution >= 4 is 11.6 Å². The van der Waals surface area contributed by atoms with Gasteiger partial charge in [-0.3, -0.25) is 0 Å². The molecule has 0 saturated heterocycles. The highest BCUT2D eigenvalue weighted by Crippen LogP contribution is 2.22. The summed E-state index contributed by atoms with van der Waals surface area (Å²) in [7, 11) is 4.18. The summed E-state index contributed by atoms with van der Waals surface area (Å²) >= 11 is 0. The molecule has 6 nitrogen and oxygen atoms in total. The Hall–Kier alpha value is -1.40. The van der Waals surface area contributed by atoms with Crippen molar-refractivity contribution in [2.24, 2.45) is 11.3 Å². The van der Waals surface area contributed by atoms with Crippen LogP contribution in [-0.4, -0.2) is 42.1 Å². The molecule has 1 heterocycles. The van der Waals surface area contributed by atoms with Gasteiger partial charge in [0.05, 0.1) is 0 Å². The van der Waals surface area contributed by atoms with Crippen LogP contribution in [0, 0.1) is 12.3 Å². The monoisotopic (exact) mass is 294 g/mol. The maximum absolute atomic E-state index is 5.56. The molecule has 0 unspecified atom stereocenters. The molecule has 0 atom stereocenters. The molecule has 0 fully saturated rings. The Morgan fingerprint density at radius 3 is 2.33 bits per heavy atom. The number of anilines is 2. The highest BCUT2D eigenvalue weighted by atomic mass is 15.3. The number of nitrogens with two attached hydrogens (primary N) is 1. The lowest BCUT2D eigenvalue weighted by atomic mass is 9.93. The predicted octanol–water partition coefficient (Wildman–Crippen LogP) is 2.02. The normalized spacial score (nSPS) is 11.8. The smallest absolute Gasteiger partial charge is 0.148 e. The first-order valence-corrected chi connectivity index (χ1v) is 7.52. The van der Waals surface area contributed by atoms with E-state index in [9.17, 15) is 0 Å². The van der Waals surface area contributed by atoms with Gasteiger partial charge in [-0.1, -0.05) is 20.8 Å². The van der Waals surface area contributed by atoms with Crippen LogP contribution >= 0.6 is 0 Å². The van der Waals surface area contributed by atoms with Crippen LogP contribution in [0.3, 0.4) is 0 Å². The van der Waals surface area contributed by atoms with Crippen LogP contribution in [0.5, 0.6) is 0 Å². The van der Waals surface area contributed by atoms with Gasteiger partial charge in [0.15, 0.2) is 0 Å². The summed E-state index contributed by atoms with van der Waals surface area (Å²) in [5.41, 5.74) is 3.78. The van der Waals surface area contributed by atoms with Crippen LogP contribution in [0.4, 0.5) is 11.6 Å². The highest BCUT2D eigenvalue weighted by molar-refractivity contribution is 5.56. The molecule has 4 N–H and O–H groups in total. The fraction of sp³-hybridized carbons (Fsp3) is 0.733. The summed E-state index contributed by atoms with van der Waals surface area (Å²) in [5, 5.41) is 3.46. The standard InChI is InChI=1S/C15H30N6/c1-7-8-12-18-13(11(2)14(19-12)20-16)17-9-15(3,4)10-21(5)6/h7-10,16H2,1-6H3,(H2,17,18,19,20). The Morgan fingerprint density at radius 1 is 1.19 bits per heavy atom. The van der Waals surface area contributed by atoms with Crippen LogP contribution in [0.2, 0.25) is 0 Å². The van der Waals surface area contributed by atoms with Crippen molar-refractivity contribution in [1.82, 2.24) is 14.9 Å². The molecule has 1 aromatic heterocycles. The number of hydrogen-bond acceptors (Lipinski definition) is 6. The maximum Gasteiger partial charge on any atom is 0.148 e. The molecule has 0 aliphatic heterocycles. The van der Waals surface area contributed by atoms with Gasteiger partial charge in [-0.25, -0.2) is 15.8 Å². The summed E-state index contributed by atoms with van der Waals surface area (Å²) in [5.74, 6) is 7.95. The molecule has 21 heavy (non-hydrogen) atoms. The lowest BCUT2D eigenvalue weighted by Gasteiger charge is -2.29. The van der Waals surface area contributed by atoms with Crippen LogP contribution in [0.15, 0.2) is 0 Å². The van der Waals surface area contributed by atoms with Crippen molar-refractivity contribution in [3.8, 4) is 0 Å². The van der Waals surface area contributed by atoms with Crippen molar-refractivity contribution in [1.29, 1.82) is 0 Å². The SMILES string of the molecule is CCCc1nc(NN)c(C)c(NCC(C)(C)CN(C)C)n1. The lowest BCUT2D eigenvalue weighted by Crippen LogP contribution is -2.34. The summed E-state index contributed by atoms with van der Waals surface area (Å²) in [6, 6.07) is 0. The minimum Gasteiger partial charge on any atom is -0.369 e. The van der Waals surface area contributed by atoms with Crippen LogP contribution in [0.1, 0.15) is 38.6 Å². The van der Waals surface area contributed by atoms with Gasteiger partial charge in [0.1, 0.15) is 17.5 Å². The predicted molar refractivity (Wildman–Crippen MR) is 89.4 cm³/mol. The molecule has 6 heteroatoms. The fourth-order valence-corrected chi connectivity index (χ4v) is 2.45. The van der Waals surface area contributed by atoms with Crippen molar-refractivity contribution in [2.45, 2.75) is 40.5 Å². The van der Waals surface area contributed by atoms with Crippen LogP contribution in [-0.2, 0) is 6.42 Å². The van der Waals surface area contributed by atoms with Crippen LogP contribution < -0.4 is 16.6 Å². The van der Waals surface area contributed by atoms with E-state index < -0.39 is 0 Å². The molecule has 0 bridgehead atoms. The van der Waals surface area contributed by atoms with E-state index in [1.807, 2.05) is 6.92 Å². The number of rotatable bonds is 8. The average Bonchev–Trinajstić information content (AvgIpc) is 2.37. The third kappa shape index (κ3) is 5.47. The summed E-state index contributed by atoms with van der Waals surface area (Å²) in [4.78, 5) is 11.3. The highest BCUT2D eigenvalue weighted by Gasteiger charge is 2.20. The first-order chi connectivity index (χ1) is 9.79. The van der Waals surface area contributed by atoms with Crippen molar-refractivity contribution in [2.75, 3.05) is 37.9 Å². The minimum absolute atomic E-state index is 0.155. The zero-order chi connectivity index (χ0) is 16.0. The van der Waals surface area contributed by atoms with E-state index in [1.165, 1.54) is 0 Å². The molecule has 0 spiro atoms. The Bertz CT molecular complexity index is 456. The number of aryl methyl sites for hydroxylation is 1. The molecule has 120 valence electrons. The zero-order valence-electron chi connectivity index (χ0n) is 14.2. The van der Waals surface area contributed by atoms with Gasteiger partial charge < -0.3 is 15.6 Å². The minimum atomic E-state index is 0.155. The van der Waals surface area contributed by atoms with Gasteiger partial charge in [0.25, 0.3) is 0 Å². The Balaban J connectivity index is 2.89. The molecule has 0 aliphatic carbocycles. The van der Waals surface area contributed by atoms with E-state index >= 15 is 0 Å². The molecular formula is C15H30N6. The van der Waals surface area contributed by atoms with Gasteiger partial charge in [-0.05, 0) is 32.9 Å². The first-order valence-electron chi connectivity index (χ1n) is 7.52. The fourth-order valence-electron chi connectivity index (χ4n) is 2.45. The lowest BCUT2D eigenvalue weighted by molar-refractivity contribution is 0.254.